The lowest BCUT2D eigenvalue weighted by Gasteiger charge is -2.32. The molecule has 0 radical (unpaired) electrons. The second kappa shape index (κ2) is 11.3. The Kier molecular flexibility index (Phi) is 9.36. The average Bonchev–Trinajstić information content (AvgIpc) is 3.20. The highest BCUT2D eigenvalue weighted by Gasteiger charge is 2.36. The number of Topliss-reactive ketones (excluding diaryl/α,β-unsaturated/α-hetero) is 1. The van der Waals surface area contributed by atoms with Crippen LogP contribution in [0.5, 0.6) is 5.75 Å². The van der Waals surface area contributed by atoms with Gasteiger partial charge in [-0.15, -0.1) is 16.2 Å². The number of aryl methyl sites for hydroxylation is 2. The number of carbonyl (C=O) groups excluding carboxylic acids is 2. The molecule has 10 heteroatoms. The quantitative estimate of drug-likeness (QED) is 0.383. The number of nitrogens with zero attached hydrogens (tertiary/aromatic N) is 1. The highest BCUT2D eigenvalue weighted by atomic mass is 32.2. The van der Waals surface area contributed by atoms with Gasteiger partial charge in [-0.25, -0.2) is 8.42 Å². The number of thiophene rings is 1. The van der Waals surface area contributed by atoms with Crippen LogP contribution in [0.25, 0.3) is 0 Å². The fourth-order valence-corrected chi connectivity index (χ4v) is 7.27. The first kappa shape index (κ1) is 29.8. The summed E-state index contributed by atoms with van der Waals surface area (Å²) in [7, 11) is -4.03. The van der Waals surface area contributed by atoms with Crippen molar-refractivity contribution in [3.63, 3.8) is 0 Å². The van der Waals surface area contributed by atoms with Crippen molar-refractivity contribution in [3.8, 4) is 5.75 Å². The first-order valence-electron chi connectivity index (χ1n) is 11.9. The third-order valence-electron chi connectivity index (χ3n) is 6.51. The first-order valence-corrected chi connectivity index (χ1v) is 14.2. The number of hydrogen-bond donors (Lipinski definition) is 1. The second-order valence-corrected chi connectivity index (χ2v) is 13.0. The number of nitroso groups, excluding NO2 is 1. The van der Waals surface area contributed by atoms with Gasteiger partial charge in [0.25, 0.3) is 10.0 Å². The lowest BCUT2D eigenvalue weighted by Crippen LogP contribution is -2.37. The normalized spacial score (nSPS) is 13.3. The van der Waals surface area contributed by atoms with Gasteiger partial charge in [-0.2, -0.15) is 4.72 Å². The minimum atomic E-state index is -4.03. The fraction of sp³-hybridized carbons (Fsp3) is 0.538. The molecule has 1 N–H and O–H groups in total. The lowest BCUT2D eigenvalue weighted by molar-refractivity contribution is -0.128. The van der Waals surface area contributed by atoms with E-state index in [1.54, 1.807) is 6.92 Å². The molecule has 0 saturated heterocycles. The van der Waals surface area contributed by atoms with Crippen LogP contribution in [0, 0.1) is 24.2 Å². The van der Waals surface area contributed by atoms with Crippen LogP contribution in [0.1, 0.15) is 76.0 Å². The van der Waals surface area contributed by atoms with Gasteiger partial charge in [-0.05, 0) is 62.4 Å². The number of rotatable bonds is 11. The minimum Gasteiger partial charge on any atom is -0.486 e. The van der Waals surface area contributed by atoms with Crippen molar-refractivity contribution < 1.29 is 22.7 Å². The molecule has 0 aliphatic rings. The summed E-state index contributed by atoms with van der Waals surface area (Å²) in [5.41, 5.74) is 1.54. The number of nitrogens with one attached hydrogen (secondary N) is 1. The Labute approximate surface area is 217 Å². The maximum absolute atomic E-state index is 13.0. The summed E-state index contributed by atoms with van der Waals surface area (Å²) >= 11 is 1.16. The number of ketones is 1. The van der Waals surface area contributed by atoms with E-state index in [4.69, 9.17) is 4.74 Å². The van der Waals surface area contributed by atoms with E-state index in [0.717, 1.165) is 40.2 Å². The van der Waals surface area contributed by atoms with E-state index in [1.165, 1.54) is 6.92 Å². The van der Waals surface area contributed by atoms with Crippen LogP contribution in [0.4, 0.5) is 0 Å². The molecule has 1 aromatic heterocycles. The molecule has 0 fully saturated rings. The molecule has 0 aliphatic heterocycles. The molecule has 0 aliphatic carbocycles. The molecule has 0 spiro atoms. The van der Waals surface area contributed by atoms with Crippen molar-refractivity contribution in [1.82, 2.24) is 4.72 Å². The summed E-state index contributed by atoms with van der Waals surface area (Å²) in [4.78, 5) is 35.2. The Bertz CT molecular complexity index is 1240. The molecule has 2 rings (SSSR count). The number of carbonyl (C=O) groups is 2. The molecular weight excluding hydrogens is 500 g/mol. The van der Waals surface area contributed by atoms with E-state index in [9.17, 15) is 22.9 Å². The Morgan fingerprint density at radius 2 is 1.69 bits per heavy atom. The van der Waals surface area contributed by atoms with Crippen LogP contribution < -0.4 is 9.46 Å². The van der Waals surface area contributed by atoms with Crippen LogP contribution in [0.2, 0.25) is 0 Å². The molecule has 0 saturated carbocycles. The minimum absolute atomic E-state index is 0.00469. The largest absolute Gasteiger partial charge is 0.486 e. The highest BCUT2D eigenvalue weighted by molar-refractivity contribution is 7.91. The average molecular weight is 537 g/mol. The van der Waals surface area contributed by atoms with Crippen LogP contribution in [-0.2, 0) is 25.0 Å². The number of benzene rings is 1. The van der Waals surface area contributed by atoms with Crippen molar-refractivity contribution in [3.05, 3.63) is 50.7 Å². The van der Waals surface area contributed by atoms with Gasteiger partial charge >= 0.3 is 5.91 Å². The summed E-state index contributed by atoms with van der Waals surface area (Å²) in [5, 5.41) is 2.31. The zero-order valence-electron chi connectivity index (χ0n) is 22.2. The van der Waals surface area contributed by atoms with Gasteiger partial charge in [-0.1, -0.05) is 46.8 Å². The molecule has 0 unspecified atom stereocenters. The van der Waals surface area contributed by atoms with Crippen molar-refractivity contribution in [2.24, 2.45) is 10.6 Å². The summed E-state index contributed by atoms with van der Waals surface area (Å²) in [6.45, 7) is 14.6. The van der Waals surface area contributed by atoms with E-state index < -0.39 is 32.8 Å². The second-order valence-electron chi connectivity index (χ2n) is 10.1. The molecule has 1 atom stereocenters. The van der Waals surface area contributed by atoms with E-state index in [-0.39, 0.29) is 16.6 Å². The number of ether oxygens (including phenoxy) is 1. The molecule has 2 aromatic rings. The summed E-state index contributed by atoms with van der Waals surface area (Å²) in [5.74, 6) is -0.431. The van der Waals surface area contributed by atoms with Crippen LogP contribution in [0.3, 0.4) is 0 Å². The van der Waals surface area contributed by atoms with Gasteiger partial charge in [0.15, 0.2) is 5.78 Å². The molecule has 1 aromatic carbocycles. The van der Waals surface area contributed by atoms with Gasteiger partial charge in [0.2, 0.25) is 0 Å². The maximum Gasteiger partial charge on any atom is 0.303 e. The number of hydrogen-bond acceptors (Lipinski definition) is 7. The third-order valence-corrected chi connectivity index (χ3v) is 10.1. The van der Waals surface area contributed by atoms with Crippen molar-refractivity contribution in [2.75, 3.05) is 6.61 Å². The van der Waals surface area contributed by atoms with Crippen molar-refractivity contribution >= 4 is 33.1 Å². The molecule has 8 nitrogen and oxygen atoms in total. The SMILES string of the molecule is CCC(CC)(c1ccc(OCC(=O)C(C)(C)C)c(C)c1)c1cc(C)c(S(=O)(=O)N[C@H](C)C(=O)N=O)s1. The molecule has 36 heavy (non-hydrogen) atoms. The van der Waals surface area contributed by atoms with Gasteiger partial charge in [-0.3, -0.25) is 9.59 Å². The molecule has 198 valence electrons. The number of sulfonamides is 1. The smallest absolute Gasteiger partial charge is 0.303 e. The molecular formula is C26H36N2O6S2. The Hall–Kier alpha value is -2.43. The van der Waals surface area contributed by atoms with Gasteiger partial charge < -0.3 is 4.74 Å². The topological polar surface area (TPSA) is 119 Å². The Morgan fingerprint density at radius 3 is 2.19 bits per heavy atom. The van der Waals surface area contributed by atoms with E-state index >= 15 is 0 Å². The summed E-state index contributed by atoms with van der Waals surface area (Å²) in [6, 6.07) is 6.48. The Balaban J connectivity index is 2.45. The predicted octanol–water partition coefficient (Wildman–Crippen LogP) is 5.42. The van der Waals surface area contributed by atoms with Gasteiger partial charge in [0.1, 0.15) is 22.6 Å². The van der Waals surface area contributed by atoms with E-state index in [2.05, 4.69) is 23.7 Å². The zero-order chi connectivity index (χ0) is 27.5. The summed E-state index contributed by atoms with van der Waals surface area (Å²) in [6.07, 6.45) is 1.45. The zero-order valence-corrected chi connectivity index (χ0v) is 23.9. The van der Waals surface area contributed by atoms with Crippen LogP contribution in [-0.4, -0.2) is 32.8 Å². The monoisotopic (exact) mass is 536 g/mol. The van der Waals surface area contributed by atoms with Crippen LogP contribution in [0.15, 0.2) is 33.7 Å². The molecule has 1 amide bonds. The third kappa shape index (κ3) is 6.27. The van der Waals surface area contributed by atoms with Gasteiger partial charge in [0, 0.05) is 20.9 Å². The fourth-order valence-electron chi connectivity index (χ4n) is 4.00. The lowest BCUT2D eigenvalue weighted by atomic mass is 9.74. The van der Waals surface area contributed by atoms with E-state index in [1.807, 2.05) is 52.0 Å². The van der Waals surface area contributed by atoms with Crippen molar-refractivity contribution in [1.29, 1.82) is 0 Å². The highest BCUT2D eigenvalue weighted by Crippen LogP contribution is 2.45. The van der Waals surface area contributed by atoms with Crippen molar-refractivity contribution in [2.45, 2.75) is 83.9 Å². The molecule has 0 bridgehead atoms. The standard InChI is InChI=1S/C26H36N2O6S2/c1-9-26(10-2,19-11-12-20(16(3)13-19)34-15-21(29)25(6,7)8)22-14-17(4)24(35-22)36(32,33)28-18(5)23(30)27-31/h11-14,18,28H,9-10,15H2,1-8H3/t18-/m1/s1. The van der Waals surface area contributed by atoms with Crippen LogP contribution >= 0.6 is 11.3 Å². The van der Waals surface area contributed by atoms with Gasteiger partial charge in [0.05, 0.1) is 0 Å². The first-order chi connectivity index (χ1) is 16.6. The van der Waals surface area contributed by atoms with E-state index in [0.29, 0.717) is 11.3 Å². The summed E-state index contributed by atoms with van der Waals surface area (Å²) < 4.78 is 34.1. The molecule has 1 heterocycles. The Morgan fingerprint density at radius 1 is 1.08 bits per heavy atom. The number of amides is 1. The maximum atomic E-state index is 13.0. The predicted molar refractivity (Wildman–Crippen MR) is 142 cm³/mol.